The van der Waals surface area contributed by atoms with E-state index in [-0.39, 0.29) is 5.56 Å². The van der Waals surface area contributed by atoms with E-state index in [0.29, 0.717) is 11.0 Å². The molecule has 0 saturated heterocycles. The van der Waals surface area contributed by atoms with E-state index < -0.39 is 5.97 Å². The molecule has 5 nitrogen and oxygen atoms in total. The van der Waals surface area contributed by atoms with Gasteiger partial charge >= 0.3 is 5.97 Å². The summed E-state index contributed by atoms with van der Waals surface area (Å²) in [5.41, 5.74) is 4.76. The number of nitrogens with zero attached hydrogens (tertiary/aromatic N) is 3. The van der Waals surface area contributed by atoms with E-state index in [0.717, 1.165) is 16.8 Å². The van der Waals surface area contributed by atoms with E-state index in [2.05, 4.69) is 10.3 Å². The van der Waals surface area contributed by atoms with Gasteiger partial charge in [-0.05, 0) is 49.2 Å². The summed E-state index contributed by atoms with van der Waals surface area (Å²) in [7, 11) is 0. The van der Waals surface area contributed by atoms with Crippen LogP contribution in [0.2, 0.25) is 0 Å². The third-order valence-corrected chi connectivity index (χ3v) is 3.50. The molecule has 1 N–H and O–H groups in total. The van der Waals surface area contributed by atoms with Crippen molar-refractivity contribution in [2.45, 2.75) is 13.8 Å². The maximum Gasteiger partial charge on any atom is 0.335 e. The molecule has 1 aromatic heterocycles. The maximum absolute atomic E-state index is 11.1. The smallest absolute Gasteiger partial charge is 0.335 e. The minimum Gasteiger partial charge on any atom is -0.478 e. The first-order valence-electron chi connectivity index (χ1n) is 6.23. The van der Waals surface area contributed by atoms with Gasteiger partial charge in [-0.3, -0.25) is 0 Å². The highest BCUT2D eigenvalue weighted by atomic mass is 16.4. The number of rotatable bonds is 2. The summed E-state index contributed by atoms with van der Waals surface area (Å²) in [6.07, 6.45) is 0. The molecule has 0 aliphatic heterocycles. The molecular formula is C15H13N3O2. The van der Waals surface area contributed by atoms with Crippen molar-refractivity contribution in [3.05, 3.63) is 53.1 Å². The number of aromatic carboxylic acids is 1. The first-order valence-corrected chi connectivity index (χ1v) is 6.23. The number of fused-ring (bicyclic) bond motifs is 1. The number of carbonyl (C=O) groups is 1. The molecule has 0 radical (unpaired) electrons. The average molecular weight is 267 g/mol. The summed E-state index contributed by atoms with van der Waals surface area (Å²) in [6.45, 7) is 4.04. The van der Waals surface area contributed by atoms with Gasteiger partial charge in [0.15, 0.2) is 0 Å². The molecule has 0 bridgehead atoms. The molecule has 1 heterocycles. The number of benzene rings is 2. The fraction of sp³-hybridized carbons (Fsp3) is 0.133. The summed E-state index contributed by atoms with van der Waals surface area (Å²) in [6, 6.07) is 10.7. The fourth-order valence-electron chi connectivity index (χ4n) is 2.19. The van der Waals surface area contributed by atoms with Crippen molar-refractivity contribution in [2.75, 3.05) is 0 Å². The molecular weight excluding hydrogens is 254 g/mol. The zero-order valence-corrected chi connectivity index (χ0v) is 11.2. The number of carboxylic acid groups (broad SMARTS) is 1. The highest BCUT2D eigenvalue weighted by molar-refractivity contribution is 5.92. The Morgan fingerprint density at radius 1 is 1.20 bits per heavy atom. The second-order valence-electron chi connectivity index (χ2n) is 4.73. The second-order valence-corrected chi connectivity index (χ2v) is 4.73. The number of hydrogen-bond donors (Lipinski definition) is 1. The zero-order valence-electron chi connectivity index (χ0n) is 11.2. The van der Waals surface area contributed by atoms with Crippen LogP contribution in [0.3, 0.4) is 0 Å². The standard InChI is InChI=1S/C15H13N3O2/c1-9-4-3-5-13(10(9)2)18-14-8-11(15(19)20)6-7-12(14)16-17-18/h3-8H,1-2H3,(H,19,20). The van der Waals surface area contributed by atoms with Crippen molar-refractivity contribution >= 4 is 17.0 Å². The van der Waals surface area contributed by atoms with Gasteiger partial charge in [-0.15, -0.1) is 5.10 Å². The lowest BCUT2D eigenvalue weighted by Crippen LogP contribution is -2.02. The Kier molecular flexibility index (Phi) is 2.75. The first-order chi connectivity index (χ1) is 9.58. The Hall–Kier alpha value is -2.69. The van der Waals surface area contributed by atoms with Crippen molar-refractivity contribution in [3.8, 4) is 5.69 Å². The van der Waals surface area contributed by atoms with Gasteiger partial charge in [-0.25, -0.2) is 9.48 Å². The van der Waals surface area contributed by atoms with Gasteiger partial charge in [0.1, 0.15) is 5.52 Å². The van der Waals surface area contributed by atoms with Gasteiger partial charge < -0.3 is 5.11 Å². The van der Waals surface area contributed by atoms with E-state index in [1.165, 1.54) is 6.07 Å². The van der Waals surface area contributed by atoms with Crippen LogP contribution in [0, 0.1) is 13.8 Å². The number of hydrogen-bond acceptors (Lipinski definition) is 3. The van der Waals surface area contributed by atoms with E-state index in [1.54, 1.807) is 16.8 Å². The predicted octanol–water partition coefficient (Wildman–Crippen LogP) is 2.74. The van der Waals surface area contributed by atoms with Crippen molar-refractivity contribution in [1.29, 1.82) is 0 Å². The maximum atomic E-state index is 11.1. The molecule has 100 valence electrons. The van der Waals surface area contributed by atoms with Crippen molar-refractivity contribution < 1.29 is 9.90 Å². The van der Waals surface area contributed by atoms with E-state index >= 15 is 0 Å². The number of carboxylic acids is 1. The van der Waals surface area contributed by atoms with Crippen LogP contribution in [0.5, 0.6) is 0 Å². The van der Waals surface area contributed by atoms with E-state index in [4.69, 9.17) is 5.11 Å². The van der Waals surface area contributed by atoms with Gasteiger partial charge in [0.25, 0.3) is 0 Å². The van der Waals surface area contributed by atoms with Crippen LogP contribution >= 0.6 is 0 Å². The molecule has 0 amide bonds. The van der Waals surface area contributed by atoms with Crippen molar-refractivity contribution in [1.82, 2.24) is 15.0 Å². The van der Waals surface area contributed by atoms with Crippen LogP contribution in [0.1, 0.15) is 21.5 Å². The lowest BCUT2D eigenvalue weighted by Gasteiger charge is -2.08. The molecule has 2 aromatic carbocycles. The van der Waals surface area contributed by atoms with Crippen molar-refractivity contribution in [2.24, 2.45) is 0 Å². The molecule has 3 rings (SSSR count). The molecule has 0 fully saturated rings. The molecule has 0 unspecified atom stereocenters. The summed E-state index contributed by atoms with van der Waals surface area (Å²) in [5, 5.41) is 17.3. The first kappa shape index (κ1) is 12.3. The molecule has 3 aromatic rings. The Morgan fingerprint density at radius 3 is 2.75 bits per heavy atom. The lowest BCUT2D eigenvalue weighted by molar-refractivity contribution is 0.0697. The van der Waals surface area contributed by atoms with Gasteiger partial charge in [-0.1, -0.05) is 17.3 Å². The summed E-state index contributed by atoms with van der Waals surface area (Å²) >= 11 is 0. The van der Waals surface area contributed by atoms with Gasteiger partial charge in [0, 0.05) is 0 Å². The average Bonchev–Trinajstić information content (AvgIpc) is 2.84. The highest BCUT2D eigenvalue weighted by Gasteiger charge is 2.12. The van der Waals surface area contributed by atoms with E-state index in [9.17, 15) is 4.79 Å². The monoisotopic (exact) mass is 267 g/mol. The quantitative estimate of drug-likeness (QED) is 0.775. The Labute approximate surface area is 115 Å². The van der Waals surface area contributed by atoms with Crippen LogP contribution in [0.4, 0.5) is 0 Å². The Balaban J connectivity index is 2.28. The number of aromatic nitrogens is 3. The Morgan fingerprint density at radius 2 is 2.00 bits per heavy atom. The minimum atomic E-state index is -0.958. The Bertz CT molecular complexity index is 821. The summed E-state index contributed by atoms with van der Waals surface area (Å²) < 4.78 is 1.68. The van der Waals surface area contributed by atoms with Crippen LogP contribution < -0.4 is 0 Å². The summed E-state index contributed by atoms with van der Waals surface area (Å²) in [4.78, 5) is 11.1. The van der Waals surface area contributed by atoms with Gasteiger partial charge in [0.05, 0.1) is 16.8 Å². The highest BCUT2D eigenvalue weighted by Crippen LogP contribution is 2.22. The molecule has 5 heteroatoms. The normalized spacial score (nSPS) is 10.9. The van der Waals surface area contributed by atoms with E-state index in [1.807, 2.05) is 32.0 Å². The topological polar surface area (TPSA) is 68.0 Å². The fourth-order valence-corrected chi connectivity index (χ4v) is 2.19. The van der Waals surface area contributed by atoms with Gasteiger partial charge in [0.2, 0.25) is 0 Å². The molecule has 0 aliphatic rings. The predicted molar refractivity (Wildman–Crippen MR) is 75.3 cm³/mol. The molecule has 0 aliphatic carbocycles. The largest absolute Gasteiger partial charge is 0.478 e. The van der Waals surface area contributed by atoms with Crippen LogP contribution in [-0.2, 0) is 0 Å². The summed E-state index contributed by atoms with van der Waals surface area (Å²) in [5.74, 6) is -0.958. The zero-order chi connectivity index (χ0) is 14.3. The lowest BCUT2D eigenvalue weighted by atomic mass is 10.1. The SMILES string of the molecule is Cc1cccc(-n2nnc3ccc(C(=O)O)cc32)c1C. The molecule has 0 spiro atoms. The van der Waals surface area contributed by atoms with Crippen LogP contribution in [0.25, 0.3) is 16.7 Å². The molecule has 0 saturated carbocycles. The number of aryl methyl sites for hydroxylation is 1. The molecule has 20 heavy (non-hydrogen) atoms. The third-order valence-electron chi connectivity index (χ3n) is 3.50. The van der Waals surface area contributed by atoms with Gasteiger partial charge in [-0.2, -0.15) is 0 Å². The minimum absolute atomic E-state index is 0.228. The van der Waals surface area contributed by atoms with Crippen molar-refractivity contribution in [3.63, 3.8) is 0 Å². The van der Waals surface area contributed by atoms with Crippen LogP contribution in [0.15, 0.2) is 36.4 Å². The second kappa shape index (κ2) is 4.45. The van der Waals surface area contributed by atoms with Crippen LogP contribution in [-0.4, -0.2) is 26.1 Å². The third kappa shape index (κ3) is 1.84. The molecule has 0 atom stereocenters.